The standard InChI is InChI=1S/C46H87N3O5/c1-3-5-7-9-11-13-15-17-19-21-23-25-27-29-31-36-44(50)53-41-39-49(46(52)43(48)35-33-34-38-47)40-42-54-45(51)37-32-30-28-26-24-22-20-18-16-14-12-10-8-6-4-2/h17-20,43H,3-16,21-42,47-48H2,1-2H3/t43-/m0/s1. The molecule has 0 saturated carbocycles. The molecule has 0 saturated heterocycles. The van der Waals surface area contributed by atoms with Crippen molar-refractivity contribution in [3.05, 3.63) is 24.3 Å². The second kappa shape index (κ2) is 42.0. The van der Waals surface area contributed by atoms with Gasteiger partial charge in [-0.25, -0.2) is 0 Å². The van der Waals surface area contributed by atoms with Gasteiger partial charge in [0, 0.05) is 12.8 Å². The molecule has 0 aromatic rings. The molecule has 1 atom stereocenters. The van der Waals surface area contributed by atoms with Crippen LogP contribution in [0, 0.1) is 0 Å². The van der Waals surface area contributed by atoms with Gasteiger partial charge in [-0.1, -0.05) is 147 Å². The molecule has 0 aliphatic rings. The maximum Gasteiger partial charge on any atom is 0.305 e. The summed E-state index contributed by atoms with van der Waals surface area (Å²) in [5.74, 6) is -0.689. The van der Waals surface area contributed by atoms with Crippen LogP contribution in [0.4, 0.5) is 0 Å². The van der Waals surface area contributed by atoms with Gasteiger partial charge in [0.05, 0.1) is 19.1 Å². The average molecular weight is 762 g/mol. The van der Waals surface area contributed by atoms with Crippen LogP contribution in [0.2, 0.25) is 0 Å². The van der Waals surface area contributed by atoms with E-state index in [-0.39, 0.29) is 44.1 Å². The molecular weight excluding hydrogens is 675 g/mol. The first-order valence-electron chi connectivity index (χ1n) is 22.8. The largest absolute Gasteiger partial charge is 0.464 e. The van der Waals surface area contributed by atoms with Gasteiger partial charge >= 0.3 is 11.9 Å². The Morgan fingerprint density at radius 2 is 0.852 bits per heavy atom. The van der Waals surface area contributed by atoms with E-state index < -0.39 is 6.04 Å². The first-order valence-corrected chi connectivity index (χ1v) is 22.8. The second-order valence-corrected chi connectivity index (χ2v) is 15.3. The molecule has 0 bridgehead atoms. The molecule has 1 amide bonds. The van der Waals surface area contributed by atoms with Gasteiger partial charge in [-0.2, -0.15) is 0 Å². The fourth-order valence-electron chi connectivity index (χ4n) is 6.56. The number of esters is 2. The molecule has 8 nitrogen and oxygen atoms in total. The highest BCUT2D eigenvalue weighted by Gasteiger charge is 2.21. The molecule has 0 unspecified atom stereocenters. The van der Waals surface area contributed by atoms with Gasteiger partial charge in [-0.3, -0.25) is 14.4 Å². The van der Waals surface area contributed by atoms with Crippen molar-refractivity contribution < 1.29 is 23.9 Å². The highest BCUT2D eigenvalue weighted by Crippen LogP contribution is 2.12. The van der Waals surface area contributed by atoms with E-state index in [0.717, 1.165) is 64.2 Å². The molecule has 0 aliphatic carbocycles. The summed E-state index contributed by atoms with van der Waals surface area (Å²) in [5, 5.41) is 0. The van der Waals surface area contributed by atoms with Gasteiger partial charge in [-0.15, -0.1) is 0 Å². The predicted molar refractivity (Wildman–Crippen MR) is 228 cm³/mol. The Hall–Kier alpha value is -2.19. The van der Waals surface area contributed by atoms with E-state index in [1.807, 2.05) is 0 Å². The van der Waals surface area contributed by atoms with Gasteiger partial charge in [-0.05, 0) is 83.6 Å². The van der Waals surface area contributed by atoms with Crippen LogP contribution >= 0.6 is 0 Å². The van der Waals surface area contributed by atoms with Crippen molar-refractivity contribution in [1.82, 2.24) is 4.90 Å². The molecule has 0 rings (SSSR count). The third-order valence-corrected chi connectivity index (χ3v) is 10.1. The fourth-order valence-corrected chi connectivity index (χ4v) is 6.56. The van der Waals surface area contributed by atoms with Gasteiger partial charge in [0.15, 0.2) is 0 Å². The molecule has 8 heteroatoms. The molecule has 54 heavy (non-hydrogen) atoms. The quantitative estimate of drug-likeness (QED) is 0.0361. The number of carbonyl (C=O) groups excluding carboxylic acids is 3. The highest BCUT2D eigenvalue weighted by molar-refractivity contribution is 5.81. The van der Waals surface area contributed by atoms with Crippen LogP contribution in [-0.2, 0) is 23.9 Å². The lowest BCUT2D eigenvalue weighted by atomic mass is 10.1. The minimum absolute atomic E-state index is 0.105. The smallest absolute Gasteiger partial charge is 0.305 e. The number of hydrogen-bond donors (Lipinski definition) is 2. The Morgan fingerprint density at radius 1 is 0.500 bits per heavy atom. The molecule has 4 N–H and O–H groups in total. The lowest BCUT2D eigenvalue weighted by molar-refractivity contribution is -0.148. The molecule has 0 heterocycles. The first kappa shape index (κ1) is 51.8. The number of allylic oxidation sites excluding steroid dienone is 4. The number of nitrogens with zero attached hydrogens (tertiary/aromatic N) is 1. The van der Waals surface area contributed by atoms with E-state index >= 15 is 0 Å². The number of amides is 1. The Balaban J connectivity index is 4.16. The molecule has 0 aromatic carbocycles. The molecule has 0 aromatic heterocycles. The molecular formula is C46H87N3O5. The van der Waals surface area contributed by atoms with E-state index in [4.69, 9.17) is 20.9 Å². The zero-order valence-electron chi connectivity index (χ0n) is 35.5. The van der Waals surface area contributed by atoms with Crippen LogP contribution in [0.15, 0.2) is 24.3 Å². The molecule has 316 valence electrons. The minimum Gasteiger partial charge on any atom is -0.464 e. The zero-order valence-corrected chi connectivity index (χ0v) is 35.5. The third kappa shape index (κ3) is 36.8. The Morgan fingerprint density at radius 3 is 1.22 bits per heavy atom. The van der Waals surface area contributed by atoms with Crippen molar-refractivity contribution in [2.45, 2.75) is 219 Å². The monoisotopic (exact) mass is 762 g/mol. The number of hydrogen-bond acceptors (Lipinski definition) is 7. The summed E-state index contributed by atoms with van der Waals surface area (Å²) in [4.78, 5) is 39.4. The highest BCUT2D eigenvalue weighted by atomic mass is 16.5. The number of rotatable bonds is 41. The summed E-state index contributed by atoms with van der Waals surface area (Å²) >= 11 is 0. The third-order valence-electron chi connectivity index (χ3n) is 10.1. The van der Waals surface area contributed by atoms with E-state index in [2.05, 4.69) is 38.2 Å². The van der Waals surface area contributed by atoms with Gasteiger partial charge < -0.3 is 25.8 Å². The van der Waals surface area contributed by atoms with Crippen LogP contribution in [0.1, 0.15) is 213 Å². The van der Waals surface area contributed by atoms with Crippen molar-refractivity contribution in [3.63, 3.8) is 0 Å². The first-order chi connectivity index (χ1) is 26.5. The van der Waals surface area contributed by atoms with Crippen LogP contribution < -0.4 is 11.5 Å². The molecule has 0 spiro atoms. The van der Waals surface area contributed by atoms with Crippen molar-refractivity contribution in [2.75, 3.05) is 32.8 Å². The van der Waals surface area contributed by atoms with Crippen molar-refractivity contribution in [3.8, 4) is 0 Å². The van der Waals surface area contributed by atoms with E-state index in [1.165, 1.54) is 116 Å². The average Bonchev–Trinajstić information content (AvgIpc) is 3.17. The van der Waals surface area contributed by atoms with Crippen LogP contribution in [0.3, 0.4) is 0 Å². The van der Waals surface area contributed by atoms with Crippen LogP contribution in [0.5, 0.6) is 0 Å². The summed E-state index contributed by atoms with van der Waals surface area (Å²) in [6, 6.07) is -0.658. The summed E-state index contributed by atoms with van der Waals surface area (Å²) < 4.78 is 10.9. The van der Waals surface area contributed by atoms with E-state index in [1.54, 1.807) is 4.90 Å². The van der Waals surface area contributed by atoms with Gasteiger partial charge in [0.2, 0.25) is 5.91 Å². The van der Waals surface area contributed by atoms with E-state index in [0.29, 0.717) is 25.8 Å². The number of unbranched alkanes of at least 4 members (excludes halogenated alkanes) is 23. The summed E-state index contributed by atoms with van der Waals surface area (Å²) in [5.41, 5.74) is 11.8. The van der Waals surface area contributed by atoms with Crippen molar-refractivity contribution in [2.24, 2.45) is 11.5 Å². The number of nitrogens with two attached hydrogens (primary N) is 2. The molecule has 0 radical (unpaired) electrons. The van der Waals surface area contributed by atoms with Crippen LogP contribution in [-0.4, -0.2) is 61.6 Å². The van der Waals surface area contributed by atoms with E-state index in [9.17, 15) is 14.4 Å². The summed E-state index contributed by atoms with van der Waals surface area (Å²) in [6.45, 7) is 5.74. The van der Waals surface area contributed by atoms with Crippen LogP contribution in [0.25, 0.3) is 0 Å². The normalized spacial score (nSPS) is 12.1. The SMILES string of the molecule is CCCCCCCCC=CCCCCCCCC(=O)OCCN(CCOC(=O)CCCCCCCC=CCCCCCCCC)C(=O)[C@@H](N)CCCCN. The Bertz CT molecular complexity index is 851. The van der Waals surface area contributed by atoms with Gasteiger partial charge in [0.1, 0.15) is 13.2 Å². The zero-order chi connectivity index (χ0) is 39.6. The Kier molecular flexibility index (Phi) is 40.3. The van der Waals surface area contributed by atoms with Gasteiger partial charge in [0.25, 0.3) is 0 Å². The summed E-state index contributed by atoms with van der Waals surface area (Å²) in [7, 11) is 0. The summed E-state index contributed by atoms with van der Waals surface area (Å²) in [6.07, 6.45) is 43.7. The van der Waals surface area contributed by atoms with Crippen molar-refractivity contribution in [1.29, 1.82) is 0 Å². The Labute approximate surface area is 333 Å². The lowest BCUT2D eigenvalue weighted by Crippen LogP contribution is -2.46. The number of ether oxygens (including phenoxy) is 2. The maximum absolute atomic E-state index is 13.1. The fraction of sp³-hybridized carbons (Fsp3) is 0.848. The predicted octanol–water partition coefficient (Wildman–Crippen LogP) is 11.4. The maximum atomic E-state index is 13.1. The minimum atomic E-state index is -0.658. The molecule has 0 fully saturated rings. The second-order valence-electron chi connectivity index (χ2n) is 15.3. The number of carbonyl (C=O) groups is 3. The topological polar surface area (TPSA) is 125 Å². The lowest BCUT2D eigenvalue weighted by Gasteiger charge is -2.25. The molecule has 0 aliphatic heterocycles. The van der Waals surface area contributed by atoms with Crippen molar-refractivity contribution >= 4 is 17.8 Å².